The van der Waals surface area contributed by atoms with Gasteiger partial charge in [0.05, 0.1) is 5.92 Å². The molecule has 1 amide bonds. The molecule has 0 spiro atoms. The van der Waals surface area contributed by atoms with Crippen molar-refractivity contribution in [1.82, 2.24) is 4.90 Å². The molecule has 3 aliphatic rings. The Morgan fingerprint density at radius 3 is 2.69 bits per heavy atom. The maximum atomic E-state index is 13.0. The lowest BCUT2D eigenvalue weighted by atomic mass is 9.76. The van der Waals surface area contributed by atoms with Crippen molar-refractivity contribution in [2.45, 2.75) is 62.7 Å². The molecule has 1 saturated heterocycles. The molecule has 1 aromatic carbocycles. The molecule has 1 aromatic rings. The Kier molecular flexibility index (Phi) is 5.40. The van der Waals surface area contributed by atoms with Crippen molar-refractivity contribution in [3.63, 3.8) is 0 Å². The largest absolute Gasteiger partial charge is 0.342 e. The smallest absolute Gasteiger partial charge is 0.229 e. The minimum Gasteiger partial charge on any atom is -0.342 e. The van der Waals surface area contributed by atoms with Gasteiger partial charge >= 0.3 is 0 Å². The van der Waals surface area contributed by atoms with Crippen molar-refractivity contribution in [3.8, 4) is 0 Å². The molecule has 1 saturated carbocycles. The fourth-order valence-corrected chi connectivity index (χ4v) is 6.15. The number of carbonyl (C=O) groups is 2. The highest BCUT2D eigenvalue weighted by Gasteiger charge is 2.35. The summed E-state index contributed by atoms with van der Waals surface area (Å²) < 4.78 is 0. The quantitative estimate of drug-likeness (QED) is 0.742. The highest BCUT2D eigenvalue weighted by atomic mass is 32.2. The van der Waals surface area contributed by atoms with E-state index in [0.29, 0.717) is 11.7 Å². The number of amides is 1. The maximum Gasteiger partial charge on any atom is 0.229 e. The number of Topliss-reactive ketones (excluding diaryl/α,β-unsaturated/α-hetero) is 1. The zero-order valence-corrected chi connectivity index (χ0v) is 16.5. The third-order valence-corrected chi connectivity index (χ3v) is 7.75. The summed E-state index contributed by atoms with van der Waals surface area (Å²) in [6.07, 6.45) is 8.16. The minimum atomic E-state index is -0.125. The molecule has 0 bridgehead atoms. The second kappa shape index (κ2) is 7.75. The Morgan fingerprint density at radius 1 is 1.12 bits per heavy atom. The molecule has 3 nitrogen and oxygen atoms in total. The average Bonchev–Trinajstić information content (AvgIpc) is 2.84. The summed E-state index contributed by atoms with van der Waals surface area (Å²) >= 11 is 1.83. The van der Waals surface area contributed by atoms with Crippen LogP contribution in [-0.2, 0) is 4.79 Å². The molecular weight excluding hydrogens is 342 g/mol. The molecule has 2 aliphatic heterocycles. The number of piperidine rings is 1. The Morgan fingerprint density at radius 2 is 1.88 bits per heavy atom. The van der Waals surface area contributed by atoms with Gasteiger partial charge in [-0.25, -0.2) is 0 Å². The summed E-state index contributed by atoms with van der Waals surface area (Å²) in [7, 11) is 0. The first-order chi connectivity index (χ1) is 12.6. The SMILES string of the molecule is CC(C(=O)N1CCCCC1)c1ccc2c(c1)SC[C@@H]1CCCC[C@H]1C2=O. The number of nitrogens with zero attached hydrogens (tertiary/aromatic N) is 1. The molecule has 2 heterocycles. The molecular formula is C22H29NO2S. The number of hydrogen-bond donors (Lipinski definition) is 0. The van der Waals surface area contributed by atoms with Gasteiger partial charge in [-0.05, 0) is 62.6 Å². The number of likely N-dealkylation sites (tertiary alicyclic amines) is 1. The van der Waals surface area contributed by atoms with Gasteiger partial charge in [0.2, 0.25) is 5.91 Å². The molecule has 3 atom stereocenters. The van der Waals surface area contributed by atoms with Crippen LogP contribution in [0.5, 0.6) is 0 Å². The van der Waals surface area contributed by atoms with Crippen LogP contribution in [-0.4, -0.2) is 35.4 Å². The minimum absolute atomic E-state index is 0.125. The molecule has 1 unspecified atom stereocenters. The van der Waals surface area contributed by atoms with Crippen molar-refractivity contribution in [1.29, 1.82) is 0 Å². The molecule has 1 aliphatic carbocycles. The van der Waals surface area contributed by atoms with Gasteiger partial charge < -0.3 is 4.90 Å². The van der Waals surface area contributed by atoms with Crippen LogP contribution >= 0.6 is 11.8 Å². The number of fused-ring (bicyclic) bond motifs is 2. The van der Waals surface area contributed by atoms with E-state index >= 15 is 0 Å². The van der Waals surface area contributed by atoms with E-state index in [1.165, 1.54) is 25.7 Å². The van der Waals surface area contributed by atoms with Crippen LogP contribution in [0.2, 0.25) is 0 Å². The summed E-state index contributed by atoms with van der Waals surface area (Å²) in [6.45, 7) is 3.80. The number of benzene rings is 1. The zero-order valence-electron chi connectivity index (χ0n) is 15.7. The number of carbonyl (C=O) groups excluding carboxylic acids is 2. The van der Waals surface area contributed by atoms with Gasteiger partial charge in [-0.1, -0.05) is 18.9 Å². The molecule has 4 heteroatoms. The van der Waals surface area contributed by atoms with Gasteiger partial charge in [-0.2, -0.15) is 0 Å². The number of ketones is 1. The number of hydrogen-bond acceptors (Lipinski definition) is 3. The summed E-state index contributed by atoms with van der Waals surface area (Å²) in [4.78, 5) is 29.0. The second-order valence-electron chi connectivity index (χ2n) is 8.19. The molecule has 0 aromatic heterocycles. The topological polar surface area (TPSA) is 37.4 Å². The Labute approximate surface area is 160 Å². The summed E-state index contributed by atoms with van der Waals surface area (Å²) in [5.74, 6) is 2.25. The first-order valence-corrected chi connectivity index (χ1v) is 11.2. The van der Waals surface area contributed by atoms with Crippen molar-refractivity contribution >= 4 is 23.5 Å². The maximum absolute atomic E-state index is 13.0. The van der Waals surface area contributed by atoms with E-state index in [0.717, 1.165) is 54.1 Å². The average molecular weight is 372 g/mol. The van der Waals surface area contributed by atoms with E-state index < -0.39 is 0 Å². The fraction of sp³-hybridized carbons (Fsp3) is 0.636. The van der Waals surface area contributed by atoms with E-state index in [2.05, 4.69) is 6.07 Å². The standard InChI is InChI=1S/C22H29NO2S/c1-15(22(25)23-11-5-2-6-12-23)16-9-10-19-20(13-16)26-14-17-7-3-4-8-18(17)21(19)24/h9-10,13,15,17-18H,2-8,11-12,14H2,1H3/t15?,17-,18+/m0/s1. The van der Waals surface area contributed by atoms with Crippen LogP contribution in [0, 0.1) is 11.8 Å². The van der Waals surface area contributed by atoms with Crippen molar-refractivity contribution in [2.75, 3.05) is 18.8 Å². The van der Waals surface area contributed by atoms with Crippen molar-refractivity contribution in [2.24, 2.45) is 11.8 Å². The van der Waals surface area contributed by atoms with Crippen LogP contribution < -0.4 is 0 Å². The third-order valence-electron chi connectivity index (χ3n) is 6.51. The van der Waals surface area contributed by atoms with Crippen LogP contribution in [0.3, 0.4) is 0 Å². The Balaban J connectivity index is 1.56. The number of thioether (sulfide) groups is 1. The molecule has 0 N–H and O–H groups in total. The van der Waals surface area contributed by atoms with Gasteiger partial charge in [-0.3, -0.25) is 9.59 Å². The first kappa shape index (κ1) is 18.1. The van der Waals surface area contributed by atoms with E-state index in [1.807, 2.05) is 35.7 Å². The first-order valence-electron chi connectivity index (χ1n) is 10.2. The summed E-state index contributed by atoms with van der Waals surface area (Å²) in [5, 5.41) is 0. The molecule has 4 rings (SSSR count). The Hall–Kier alpha value is -1.29. The predicted molar refractivity (Wildman–Crippen MR) is 106 cm³/mol. The molecule has 0 radical (unpaired) electrons. The van der Waals surface area contributed by atoms with Crippen LogP contribution in [0.25, 0.3) is 0 Å². The summed E-state index contributed by atoms with van der Waals surface area (Å²) in [5.41, 5.74) is 1.95. The lowest BCUT2D eigenvalue weighted by Gasteiger charge is -2.29. The Bertz CT molecular complexity index is 695. The molecule has 2 fully saturated rings. The van der Waals surface area contributed by atoms with Gasteiger partial charge in [0, 0.05) is 35.2 Å². The van der Waals surface area contributed by atoms with E-state index in [9.17, 15) is 9.59 Å². The summed E-state index contributed by atoms with van der Waals surface area (Å²) in [6, 6.07) is 6.14. The van der Waals surface area contributed by atoms with Crippen LogP contribution in [0.15, 0.2) is 23.1 Å². The zero-order chi connectivity index (χ0) is 18.1. The predicted octanol–water partition coefficient (Wildman–Crippen LogP) is 4.90. The van der Waals surface area contributed by atoms with E-state index in [4.69, 9.17) is 0 Å². The monoisotopic (exact) mass is 371 g/mol. The highest BCUT2D eigenvalue weighted by molar-refractivity contribution is 7.99. The molecule has 140 valence electrons. The fourth-order valence-electron chi connectivity index (χ4n) is 4.81. The van der Waals surface area contributed by atoms with Gasteiger partial charge in [0.15, 0.2) is 5.78 Å². The van der Waals surface area contributed by atoms with E-state index in [1.54, 1.807) is 0 Å². The lowest BCUT2D eigenvalue weighted by Crippen LogP contribution is -2.38. The van der Waals surface area contributed by atoms with Gasteiger partial charge in [0.25, 0.3) is 0 Å². The van der Waals surface area contributed by atoms with Crippen LogP contribution in [0.1, 0.15) is 73.7 Å². The number of rotatable bonds is 2. The van der Waals surface area contributed by atoms with Gasteiger partial charge in [0.1, 0.15) is 0 Å². The highest BCUT2D eigenvalue weighted by Crippen LogP contribution is 2.42. The van der Waals surface area contributed by atoms with Gasteiger partial charge in [-0.15, -0.1) is 11.8 Å². The normalized spacial score (nSPS) is 27.3. The molecule has 26 heavy (non-hydrogen) atoms. The second-order valence-corrected chi connectivity index (χ2v) is 9.25. The van der Waals surface area contributed by atoms with Crippen LogP contribution in [0.4, 0.5) is 0 Å². The third kappa shape index (κ3) is 3.45. The van der Waals surface area contributed by atoms with Crippen molar-refractivity contribution in [3.05, 3.63) is 29.3 Å². The lowest BCUT2D eigenvalue weighted by molar-refractivity contribution is -0.133. The van der Waals surface area contributed by atoms with Crippen molar-refractivity contribution < 1.29 is 9.59 Å². The van der Waals surface area contributed by atoms with E-state index in [-0.39, 0.29) is 17.7 Å².